The molecule has 2 heterocycles. The molecular formula is C36H31Cl2FN2O7. The number of aromatic hydroxyl groups is 1. The summed E-state index contributed by atoms with van der Waals surface area (Å²) in [5, 5.41) is 21.7. The number of alkyl halides is 2. The number of carboxylic acids is 1. The fourth-order valence-electron chi connectivity index (χ4n) is 8.31. The summed E-state index contributed by atoms with van der Waals surface area (Å²) in [5.41, 5.74) is 0.884. The van der Waals surface area contributed by atoms with Gasteiger partial charge in [-0.25, -0.2) is 9.29 Å². The molecule has 4 amide bonds. The number of rotatable bonds is 8. The number of phenols is 1. The zero-order chi connectivity index (χ0) is 34.1. The van der Waals surface area contributed by atoms with E-state index in [4.69, 9.17) is 28.3 Å². The summed E-state index contributed by atoms with van der Waals surface area (Å²) in [5.74, 6) is -7.71. The minimum absolute atomic E-state index is 0.00936. The van der Waals surface area contributed by atoms with Crippen molar-refractivity contribution in [3.8, 4) is 5.75 Å². The molecule has 3 aromatic rings. The van der Waals surface area contributed by atoms with E-state index in [1.165, 1.54) is 23.1 Å². The van der Waals surface area contributed by atoms with Gasteiger partial charge in [0.1, 0.15) is 11.6 Å². The number of anilines is 1. The lowest BCUT2D eigenvalue weighted by molar-refractivity contribution is -0.141. The monoisotopic (exact) mass is 692 g/mol. The van der Waals surface area contributed by atoms with Crippen molar-refractivity contribution in [2.75, 3.05) is 11.4 Å². The lowest BCUT2D eigenvalue weighted by atomic mass is 9.56. The normalized spacial score (nSPS) is 29.6. The molecule has 6 atom stereocenters. The van der Waals surface area contributed by atoms with Gasteiger partial charge in [0.15, 0.2) is 9.75 Å². The van der Waals surface area contributed by atoms with Crippen LogP contribution in [-0.4, -0.2) is 61.0 Å². The first-order valence-electron chi connectivity index (χ1n) is 15.9. The van der Waals surface area contributed by atoms with Gasteiger partial charge in [-0.05, 0) is 72.7 Å². The van der Waals surface area contributed by atoms with Crippen molar-refractivity contribution >= 4 is 69.3 Å². The minimum Gasteiger partial charge on any atom is -0.508 e. The molecule has 2 aliphatic carbocycles. The van der Waals surface area contributed by atoms with Crippen molar-refractivity contribution < 1.29 is 38.6 Å². The van der Waals surface area contributed by atoms with Gasteiger partial charge in [-0.2, -0.15) is 0 Å². The Labute approximate surface area is 284 Å². The lowest BCUT2D eigenvalue weighted by Gasteiger charge is -2.51. The highest BCUT2D eigenvalue weighted by Gasteiger charge is 2.77. The number of hydrogen-bond acceptors (Lipinski definition) is 6. The molecule has 0 spiro atoms. The number of likely N-dealkylation sites (tertiary alicyclic amines) is 1. The first-order chi connectivity index (χ1) is 22.9. The van der Waals surface area contributed by atoms with Crippen LogP contribution in [-0.2, 0) is 24.0 Å². The Bertz CT molecular complexity index is 1930. The van der Waals surface area contributed by atoms with Crippen LogP contribution in [0.3, 0.4) is 0 Å². The smallest absolute Gasteiger partial charge is 0.303 e. The van der Waals surface area contributed by atoms with Crippen molar-refractivity contribution in [1.29, 1.82) is 0 Å². The van der Waals surface area contributed by atoms with Crippen molar-refractivity contribution in [2.45, 2.75) is 54.2 Å². The number of carbonyl (C=O) groups is 5. The molecule has 2 saturated heterocycles. The number of benzene rings is 3. The largest absolute Gasteiger partial charge is 0.508 e. The van der Waals surface area contributed by atoms with Gasteiger partial charge in [0.05, 0.1) is 17.5 Å². The van der Waals surface area contributed by atoms with Gasteiger partial charge in [0.25, 0.3) is 11.8 Å². The number of nitrogens with zero attached hydrogens (tertiary/aromatic N) is 2. The molecule has 248 valence electrons. The second kappa shape index (κ2) is 11.7. The number of carbonyl (C=O) groups excluding carboxylic acids is 4. The summed E-state index contributed by atoms with van der Waals surface area (Å²) in [6.45, 7) is 0.126. The van der Waals surface area contributed by atoms with Gasteiger partial charge in [0.2, 0.25) is 11.8 Å². The van der Waals surface area contributed by atoms with E-state index in [9.17, 15) is 33.5 Å². The number of imide groups is 2. The second-order valence-corrected chi connectivity index (χ2v) is 14.2. The summed E-state index contributed by atoms with van der Waals surface area (Å²) in [4.78, 5) is 65.5. The van der Waals surface area contributed by atoms with E-state index in [2.05, 4.69) is 0 Å². The number of phenolic OH excluding ortho intramolecular Hbond substituents is 1. The van der Waals surface area contributed by atoms with Crippen LogP contribution < -0.4 is 4.90 Å². The Morgan fingerprint density at radius 2 is 1.62 bits per heavy atom. The number of unbranched alkanes of at least 4 members (excludes halogenated alkanes) is 2. The Balaban J connectivity index is 1.36. The van der Waals surface area contributed by atoms with Crippen LogP contribution in [0.25, 0.3) is 10.8 Å². The van der Waals surface area contributed by atoms with Crippen LogP contribution in [0, 0.1) is 23.6 Å². The lowest BCUT2D eigenvalue weighted by Crippen LogP contribution is -2.60. The van der Waals surface area contributed by atoms with Crippen molar-refractivity contribution in [1.82, 2.24) is 4.90 Å². The Morgan fingerprint density at radius 1 is 0.896 bits per heavy atom. The van der Waals surface area contributed by atoms with E-state index in [0.29, 0.717) is 30.2 Å². The molecular weight excluding hydrogens is 662 g/mol. The fourth-order valence-corrected chi connectivity index (χ4v) is 9.23. The number of carboxylic acid groups (broad SMARTS) is 1. The number of fused-ring (bicyclic) bond motifs is 5. The summed E-state index contributed by atoms with van der Waals surface area (Å²) < 4.78 is 13.9. The molecule has 2 N–H and O–H groups in total. The van der Waals surface area contributed by atoms with Crippen LogP contribution in [0.1, 0.15) is 50.0 Å². The first-order valence-corrected chi connectivity index (χ1v) is 16.7. The third-order valence-electron chi connectivity index (χ3n) is 10.5. The van der Waals surface area contributed by atoms with Crippen LogP contribution >= 0.6 is 23.2 Å². The zero-order valence-corrected chi connectivity index (χ0v) is 27.1. The molecule has 1 saturated carbocycles. The quantitative estimate of drug-likeness (QED) is 0.130. The average molecular weight is 694 g/mol. The molecule has 0 radical (unpaired) electrons. The van der Waals surface area contributed by atoms with Crippen LogP contribution in [0.4, 0.5) is 10.1 Å². The molecule has 3 fully saturated rings. The van der Waals surface area contributed by atoms with Crippen LogP contribution in [0.5, 0.6) is 5.75 Å². The van der Waals surface area contributed by atoms with Gasteiger partial charge in [0, 0.05) is 24.4 Å². The maximum atomic E-state index is 14.6. The van der Waals surface area contributed by atoms with Crippen molar-refractivity contribution in [2.24, 2.45) is 17.8 Å². The molecule has 0 aromatic heterocycles. The minimum atomic E-state index is -2.17. The van der Waals surface area contributed by atoms with Gasteiger partial charge in [-0.3, -0.25) is 28.9 Å². The van der Waals surface area contributed by atoms with Gasteiger partial charge >= 0.3 is 5.97 Å². The highest BCUT2D eigenvalue weighted by molar-refractivity contribution is 6.58. The molecule has 48 heavy (non-hydrogen) atoms. The van der Waals surface area contributed by atoms with Gasteiger partial charge in [-0.15, -0.1) is 23.2 Å². The molecule has 3 aromatic carbocycles. The van der Waals surface area contributed by atoms with Gasteiger partial charge in [-0.1, -0.05) is 48.4 Å². The maximum Gasteiger partial charge on any atom is 0.303 e. The van der Waals surface area contributed by atoms with E-state index in [0.717, 1.165) is 22.4 Å². The topological polar surface area (TPSA) is 132 Å². The highest BCUT2D eigenvalue weighted by Crippen LogP contribution is 2.67. The molecule has 7 rings (SSSR count). The number of hydrogen-bond donors (Lipinski definition) is 2. The summed E-state index contributed by atoms with van der Waals surface area (Å²) in [6.07, 6.45) is 3.10. The summed E-state index contributed by atoms with van der Waals surface area (Å²) in [6, 6.07) is 15.2. The third kappa shape index (κ3) is 4.59. The molecule has 0 bridgehead atoms. The Kier molecular flexibility index (Phi) is 7.87. The van der Waals surface area contributed by atoms with E-state index < -0.39 is 62.9 Å². The average Bonchev–Trinajstić information content (AvgIpc) is 3.39. The van der Waals surface area contributed by atoms with Crippen molar-refractivity contribution in [3.63, 3.8) is 0 Å². The van der Waals surface area contributed by atoms with Crippen LogP contribution in [0.2, 0.25) is 0 Å². The molecule has 4 aliphatic rings. The van der Waals surface area contributed by atoms with E-state index in [1.807, 2.05) is 12.1 Å². The molecule has 2 aliphatic heterocycles. The Hall–Kier alpha value is -4.28. The molecule has 12 heteroatoms. The van der Waals surface area contributed by atoms with Crippen molar-refractivity contribution in [3.05, 3.63) is 83.7 Å². The fraction of sp³-hybridized carbons (Fsp3) is 0.361. The van der Waals surface area contributed by atoms with Crippen LogP contribution in [0.15, 0.2) is 72.3 Å². The predicted molar refractivity (Wildman–Crippen MR) is 175 cm³/mol. The first kappa shape index (κ1) is 32.3. The molecule has 6 unspecified atom stereocenters. The third-order valence-corrected chi connectivity index (χ3v) is 11.9. The highest BCUT2D eigenvalue weighted by atomic mass is 35.5. The zero-order valence-electron chi connectivity index (χ0n) is 25.6. The standard InChI is InChI=1S/C36H31Cl2FN2O7/c37-35-18-25-23(14-15-24-28(25)32(46)40(31(24)45)17-5-1-2-8-27(43)44)30(29-22-7-4-3-6-19(22)9-16-26(29)42)36(35,38)34(48)41(33(35)47)21-12-10-20(39)11-13-21/h3-4,6-7,9-14,16,24-25,28,30,42H,1-2,5,8,15,17-18H2,(H,43,44). The summed E-state index contributed by atoms with van der Waals surface area (Å²) >= 11 is 14.9. The van der Waals surface area contributed by atoms with Gasteiger partial charge < -0.3 is 10.2 Å². The number of aliphatic carboxylic acids is 1. The number of amides is 4. The van der Waals surface area contributed by atoms with E-state index in [1.54, 1.807) is 24.3 Å². The van der Waals surface area contributed by atoms with E-state index in [-0.39, 0.29) is 48.7 Å². The Morgan fingerprint density at radius 3 is 2.35 bits per heavy atom. The SMILES string of the molecule is O=C(O)CCCCCN1C(=O)C2CC=C3C(CC4(Cl)C(=O)N(c5ccc(F)cc5)C(=O)C4(Cl)C3c3c(O)ccc4ccccc34)C2C1=O. The number of allylic oxidation sites excluding steroid dienone is 2. The van der Waals surface area contributed by atoms with E-state index >= 15 is 0 Å². The molecule has 9 nitrogen and oxygen atoms in total. The number of halogens is 3. The predicted octanol–water partition coefficient (Wildman–Crippen LogP) is 5.89. The second-order valence-electron chi connectivity index (χ2n) is 13.0. The maximum absolute atomic E-state index is 14.6. The summed E-state index contributed by atoms with van der Waals surface area (Å²) in [7, 11) is 0.